The van der Waals surface area contributed by atoms with Gasteiger partial charge in [-0.05, 0) is 56.2 Å². The second-order valence-corrected chi connectivity index (χ2v) is 4.77. The van der Waals surface area contributed by atoms with Crippen LogP contribution in [-0.2, 0) is 0 Å². The molecule has 1 fully saturated rings. The summed E-state index contributed by atoms with van der Waals surface area (Å²) < 4.78 is 0. The van der Waals surface area contributed by atoms with Crippen molar-refractivity contribution in [3.63, 3.8) is 0 Å². The zero-order valence-electron chi connectivity index (χ0n) is 8.14. The standard InChI is InChI=1S/C10H21NS/c1-2-8-12-9-10-4-3-6-11-7-5-10/h10-11H,2-9H2,1H3. The Bertz CT molecular complexity index is 98.0. The van der Waals surface area contributed by atoms with Gasteiger partial charge in [0.05, 0.1) is 0 Å². The molecule has 0 aromatic carbocycles. The third-order valence-corrected chi connectivity index (χ3v) is 3.80. The topological polar surface area (TPSA) is 12.0 Å². The number of hydrogen-bond acceptors (Lipinski definition) is 2. The molecule has 72 valence electrons. The minimum absolute atomic E-state index is 0.997. The molecule has 12 heavy (non-hydrogen) atoms. The largest absolute Gasteiger partial charge is 0.317 e. The van der Waals surface area contributed by atoms with Crippen molar-refractivity contribution in [2.24, 2.45) is 5.92 Å². The quantitative estimate of drug-likeness (QED) is 0.679. The summed E-state index contributed by atoms with van der Waals surface area (Å²) >= 11 is 2.14. The Kier molecular flexibility index (Phi) is 5.88. The third kappa shape index (κ3) is 4.36. The number of nitrogens with one attached hydrogen (secondary N) is 1. The fourth-order valence-corrected chi connectivity index (χ4v) is 2.77. The maximum absolute atomic E-state index is 3.46. The highest BCUT2D eigenvalue weighted by molar-refractivity contribution is 7.99. The summed E-state index contributed by atoms with van der Waals surface area (Å²) in [6, 6.07) is 0. The Hall–Kier alpha value is 0.310. The van der Waals surface area contributed by atoms with Gasteiger partial charge in [-0.3, -0.25) is 0 Å². The highest BCUT2D eigenvalue weighted by atomic mass is 32.2. The molecule has 1 unspecified atom stereocenters. The van der Waals surface area contributed by atoms with Gasteiger partial charge in [-0.15, -0.1) is 0 Å². The van der Waals surface area contributed by atoms with E-state index in [1.54, 1.807) is 0 Å². The zero-order chi connectivity index (χ0) is 8.65. The molecule has 0 aromatic heterocycles. The second-order valence-electron chi connectivity index (χ2n) is 3.62. The normalized spacial score (nSPS) is 25.2. The second kappa shape index (κ2) is 6.79. The van der Waals surface area contributed by atoms with Crippen molar-refractivity contribution in [3.05, 3.63) is 0 Å². The molecule has 1 rings (SSSR count). The van der Waals surface area contributed by atoms with E-state index >= 15 is 0 Å². The van der Waals surface area contributed by atoms with Crippen molar-refractivity contribution in [3.8, 4) is 0 Å². The number of rotatable bonds is 4. The fourth-order valence-electron chi connectivity index (χ4n) is 1.65. The Morgan fingerprint density at radius 2 is 2.25 bits per heavy atom. The van der Waals surface area contributed by atoms with E-state index in [-0.39, 0.29) is 0 Å². The van der Waals surface area contributed by atoms with E-state index < -0.39 is 0 Å². The first-order chi connectivity index (χ1) is 5.93. The highest BCUT2D eigenvalue weighted by Gasteiger charge is 2.10. The van der Waals surface area contributed by atoms with Crippen molar-refractivity contribution in [2.75, 3.05) is 24.6 Å². The van der Waals surface area contributed by atoms with E-state index in [0.717, 1.165) is 5.92 Å². The lowest BCUT2D eigenvalue weighted by Gasteiger charge is -2.11. The van der Waals surface area contributed by atoms with Gasteiger partial charge in [0.15, 0.2) is 0 Å². The van der Waals surface area contributed by atoms with Crippen LogP contribution in [0.5, 0.6) is 0 Å². The van der Waals surface area contributed by atoms with Gasteiger partial charge < -0.3 is 5.32 Å². The summed E-state index contributed by atoms with van der Waals surface area (Å²) in [6.45, 7) is 4.76. The van der Waals surface area contributed by atoms with Crippen molar-refractivity contribution in [2.45, 2.75) is 32.6 Å². The van der Waals surface area contributed by atoms with Gasteiger partial charge in [-0.1, -0.05) is 6.92 Å². The average Bonchev–Trinajstić information content (AvgIpc) is 2.33. The third-order valence-electron chi connectivity index (χ3n) is 2.40. The van der Waals surface area contributed by atoms with Crippen LogP contribution in [-0.4, -0.2) is 24.6 Å². The first-order valence-electron chi connectivity index (χ1n) is 5.22. The fraction of sp³-hybridized carbons (Fsp3) is 1.00. The van der Waals surface area contributed by atoms with Crippen LogP contribution in [0.2, 0.25) is 0 Å². The van der Waals surface area contributed by atoms with Crippen LogP contribution in [0.1, 0.15) is 32.6 Å². The van der Waals surface area contributed by atoms with Crippen molar-refractivity contribution >= 4 is 11.8 Å². The predicted octanol–water partition coefficient (Wildman–Crippen LogP) is 2.52. The summed E-state index contributed by atoms with van der Waals surface area (Å²) in [7, 11) is 0. The molecule has 0 radical (unpaired) electrons. The van der Waals surface area contributed by atoms with Crippen LogP contribution in [0.15, 0.2) is 0 Å². The SMILES string of the molecule is CCCSCC1CCCNCC1. The van der Waals surface area contributed by atoms with Crippen LogP contribution in [0, 0.1) is 5.92 Å². The van der Waals surface area contributed by atoms with Crippen LogP contribution in [0.3, 0.4) is 0 Å². The van der Waals surface area contributed by atoms with Crippen LogP contribution >= 0.6 is 11.8 Å². The molecule has 2 heteroatoms. The van der Waals surface area contributed by atoms with Gasteiger partial charge in [0, 0.05) is 0 Å². The van der Waals surface area contributed by atoms with Crippen LogP contribution in [0.25, 0.3) is 0 Å². The molecule has 1 N–H and O–H groups in total. The first-order valence-corrected chi connectivity index (χ1v) is 6.37. The van der Waals surface area contributed by atoms with E-state index in [1.165, 1.54) is 50.3 Å². The monoisotopic (exact) mass is 187 g/mol. The lowest BCUT2D eigenvalue weighted by atomic mass is 10.0. The van der Waals surface area contributed by atoms with Crippen LogP contribution in [0.4, 0.5) is 0 Å². The van der Waals surface area contributed by atoms with E-state index in [2.05, 4.69) is 24.0 Å². The summed E-state index contributed by atoms with van der Waals surface area (Å²) in [6.07, 6.45) is 5.56. The number of hydrogen-bond donors (Lipinski definition) is 1. The molecule has 1 aliphatic rings. The molecule has 0 aliphatic carbocycles. The van der Waals surface area contributed by atoms with Gasteiger partial charge in [-0.2, -0.15) is 11.8 Å². The molecule has 1 nitrogen and oxygen atoms in total. The summed E-state index contributed by atoms with van der Waals surface area (Å²) in [5, 5.41) is 3.46. The van der Waals surface area contributed by atoms with Gasteiger partial charge in [0.1, 0.15) is 0 Å². The molecule has 0 saturated carbocycles. The molecule has 1 saturated heterocycles. The molecular formula is C10H21NS. The average molecular weight is 187 g/mol. The minimum atomic E-state index is 0.997. The Morgan fingerprint density at radius 1 is 1.33 bits per heavy atom. The van der Waals surface area contributed by atoms with Gasteiger partial charge in [0.2, 0.25) is 0 Å². The Morgan fingerprint density at radius 3 is 3.08 bits per heavy atom. The zero-order valence-corrected chi connectivity index (χ0v) is 8.96. The molecule has 0 bridgehead atoms. The van der Waals surface area contributed by atoms with Crippen molar-refractivity contribution < 1.29 is 0 Å². The molecule has 1 atom stereocenters. The summed E-state index contributed by atoms with van der Waals surface area (Å²) in [4.78, 5) is 0. The summed E-state index contributed by atoms with van der Waals surface area (Å²) in [5.74, 6) is 3.75. The highest BCUT2D eigenvalue weighted by Crippen LogP contribution is 2.19. The molecule has 0 amide bonds. The molecule has 0 spiro atoms. The lowest BCUT2D eigenvalue weighted by Crippen LogP contribution is -2.14. The predicted molar refractivity (Wildman–Crippen MR) is 57.8 cm³/mol. The van der Waals surface area contributed by atoms with Crippen molar-refractivity contribution in [1.29, 1.82) is 0 Å². The molecule has 1 heterocycles. The Labute approximate surface area is 80.7 Å². The van der Waals surface area contributed by atoms with Crippen molar-refractivity contribution in [1.82, 2.24) is 5.32 Å². The van der Waals surface area contributed by atoms with E-state index in [1.807, 2.05) is 0 Å². The maximum Gasteiger partial charge on any atom is -0.00387 e. The molecular weight excluding hydrogens is 166 g/mol. The first kappa shape index (κ1) is 10.4. The minimum Gasteiger partial charge on any atom is -0.317 e. The van der Waals surface area contributed by atoms with E-state index in [9.17, 15) is 0 Å². The Balaban J connectivity index is 2.04. The van der Waals surface area contributed by atoms with Crippen LogP contribution < -0.4 is 5.32 Å². The van der Waals surface area contributed by atoms with E-state index in [0.29, 0.717) is 0 Å². The lowest BCUT2D eigenvalue weighted by molar-refractivity contribution is 0.528. The van der Waals surface area contributed by atoms with Gasteiger partial charge in [-0.25, -0.2) is 0 Å². The molecule has 1 aliphatic heterocycles. The molecule has 0 aromatic rings. The van der Waals surface area contributed by atoms with Gasteiger partial charge in [0.25, 0.3) is 0 Å². The maximum atomic E-state index is 3.46. The van der Waals surface area contributed by atoms with Gasteiger partial charge >= 0.3 is 0 Å². The summed E-state index contributed by atoms with van der Waals surface area (Å²) in [5.41, 5.74) is 0. The van der Waals surface area contributed by atoms with E-state index in [4.69, 9.17) is 0 Å². The number of thioether (sulfide) groups is 1. The smallest absolute Gasteiger partial charge is 0.00387 e.